The molecular formula is C41H78ClNO2. The number of likely N-dealkylation sites (N-methyl/N-ethyl adjacent to an activating group) is 1. The van der Waals surface area contributed by atoms with E-state index in [0.29, 0.717) is 12.8 Å². The molecule has 4 heteroatoms. The van der Waals surface area contributed by atoms with E-state index in [1.807, 2.05) is 11.9 Å². The van der Waals surface area contributed by atoms with Gasteiger partial charge in [-0.25, -0.2) is 0 Å². The van der Waals surface area contributed by atoms with Crippen LogP contribution in [0.3, 0.4) is 0 Å². The maximum Gasteiger partial charge on any atom is 0.157 e. The zero-order valence-corrected chi connectivity index (χ0v) is 31.8. The highest BCUT2D eigenvalue weighted by atomic mass is 35.5. The molecule has 0 rings (SSSR count). The van der Waals surface area contributed by atoms with Gasteiger partial charge in [-0.05, 0) is 85.1 Å². The van der Waals surface area contributed by atoms with Crippen molar-refractivity contribution in [2.24, 2.45) is 0 Å². The summed E-state index contributed by atoms with van der Waals surface area (Å²) in [5.41, 5.74) is 0. The third kappa shape index (κ3) is 30.2. The van der Waals surface area contributed by atoms with Crippen molar-refractivity contribution in [3.63, 3.8) is 0 Å². The number of unbranched alkanes of at least 4 members (excludes halogenated alkanes) is 22. The first kappa shape index (κ1) is 46.2. The molecule has 0 heterocycles. The summed E-state index contributed by atoms with van der Waals surface area (Å²) in [4.78, 5) is 28.3. The Morgan fingerprint density at radius 2 is 0.733 bits per heavy atom. The molecule has 0 spiro atoms. The number of allylic oxidation sites excluding steroid dienone is 4. The molecular weight excluding hydrogens is 574 g/mol. The molecule has 0 atom stereocenters. The standard InChI is InChI=1S/C41H77NO2.ClH/c1-6-8-10-12-14-16-18-20-22-24-26-28-30-32-34-36-39(43)41(42(5)38(3)4)40(44)37-35-33-31-29-27-25-23-21-19-17-15-13-11-9-7-2;/h20-23,38,41H,6-19,24-37H2,1-5H3;1H/b22-20-,23-21-;. The van der Waals surface area contributed by atoms with Gasteiger partial charge < -0.3 is 0 Å². The van der Waals surface area contributed by atoms with Crippen molar-refractivity contribution in [1.29, 1.82) is 0 Å². The van der Waals surface area contributed by atoms with Crippen molar-refractivity contribution >= 4 is 24.0 Å². The highest BCUT2D eigenvalue weighted by Gasteiger charge is 2.30. The van der Waals surface area contributed by atoms with E-state index in [9.17, 15) is 9.59 Å². The van der Waals surface area contributed by atoms with Gasteiger partial charge in [0.15, 0.2) is 11.6 Å². The van der Waals surface area contributed by atoms with E-state index < -0.39 is 6.04 Å². The van der Waals surface area contributed by atoms with Crippen molar-refractivity contribution in [3.8, 4) is 0 Å². The van der Waals surface area contributed by atoms with Crippen LogP contribution in [0.15, 0.2) is 24.3 Å². The smallest absolute Gasteiger partial charge is 0.157 e. The molecule has 0 aromatic heterocycles. The first-order chi connectivity index (χ1) is 21.5. The van der Waals surface area contributed by atoms with Crippen molar-refractivity contribution in [2.75, 3.05) is 7.05 Å². The number of carbonyl (C=O) groups excluding carboxylic acids is 2. The van der Waals surface area contributed by atoms with Gasteiger partial charge in [-0.3, -0.25) is 14.5 Å². The van der Waals surface area contributed by atoms with Crippen LogP contribution in [0.5, 0.6) is 0 Å². The second-order valence-corrected chi connectivity index (χ2v) is 13.8. The Bertz CT molecular complexity index is 650. The Labute approximate surface area is 288 Å². The predicted octanol–water partition coefficient (Wildman–Crippen LogP) is 13.3. The van der Waals surface area contributed by atoms with Crippen LogP contribution in [0, 0.1) is 0 Å². The molecule has 0 bridgehead atoms. The largest absolute Gasteiger partial charge is 0.297 e. The Balaban J connectivity index is 0. The fourth-order valence-electron chi connectivity index (χ4n) is 5.95. The molecule has 0 saturated carbocycles. The minimum atomic E-state index is -0.552. The number of carbonyl (C=O) groups is 2. The Kier molecular flexibility index (Phi) is 36.9. The zero-order chi connectivity index (χ0) is 32.5. The molecule has 0 N–H and O–H groups in total. The van der Waals surface area contributed by atoms with E-state index in [-0.39, 0.29) is 30.0 Å². The number of hydrogen-bond donors (Lipinski definition) is 0. The maximum atomic E-state index is 13.1. The average Bonchev–Trinajstić information content (AvgIpc) is 3.01. The molecule has 0 aromatic carbocycles. The number of hydrogen-bond acceptors (Lipinski definition) is 3. The second kappa shape index (κ2) is 35.9. The summed E-state index contributed by atoms with van der Waals surface area (Å²) in [5.74, 6) is 0.271. The molecule has 0 aliphatic heterocycles. The summed E-state index contributed by atoms with van der Waals surface area (Å²) in [5, 5.41) is 0. The molecule has 0 aromatic rings. The Hall–Kier alpha value is -0.930. The first-order valence-corrected chi connectivity index (χ1v) is 19.5. The van der Waals surface area contributed by atoms with Gasteiger partial charge in [0.2, 0.25) is 0 Å². The van der Waals surface area contributed by atoms with E-state index in [1.165, 1.54) is 141 Å². The molecule has 3 nitrogen and oxygen atoms in total. The summed E-state index contributed by atoms with van der Waals surface area (Å²) in [7, 11) is 1.95. The number of Topliss-reactive ketones (excluding diaryl/α,β-unsaturated/α-hetero) is 2. The molecule has 0 amide bonds. The normalized spacial score (nSPS) is 11.9. The van der Waals surface area contributed by atoms with Crippen molar-refractivity contribution < 1.29 is 9.59 Å². The van der Waals surface area contributed by atoms with Crippen molar-refractivity contribution in [3.05, 3.63) is 24.3 Å². The fourth-order valence-corrected chi connectivity index (χ4v) is 5.95. The molecule has 0 aliphatic rings. The van der Waals surface area contributed by atoms with Gasteiger partial charge in [0.25, 0.3) is 0 Å². The van der Waals surface area contributed by atoms with Gasteiger partial charge in [0.1, 0.15) is 6.04 Å². The van der Waals surface area contributed by atoms with Crippen LogP contribution in [0.1, 0.15) is 207 Å². The van der Waals surface area contributed by atoms with Gasteiger partial charge in [0, 0.05) is 18.9 Å². The van der Waals surface area contributed by atoms with Crippen molar-refractivity contribution in [2.45, 2.75) is 220 Å². The maximum absolute atomic E-state index is 13.1. The Morgan fingerprint density at radius 1 is 0.467 bits per heavy atom. The van der Waals surface area contributed by atoms with Gasteiger partial charge in [-0.2, -0.15) is 0 Å². The van der Waals surface area contributed by atoms with E-state index >= 15 is 0 Å². The van der Waals surface area contributed by atoms with Crippen LogP contribution in [0.4, 0.5) is 0 Å². The minimum absolute atomic E-state index is 0. The van der Waals surface area contributed by atoms with Crippen LogP contribution in [0.25, 0.3) is 0 Å². The topological polar surface area (TPSA) is 37.4 Å². The summed E-state index contributed by atoms with van der Waals surface area (Å²) in [6.45, 7) is 8.71. The highest BCUT2D eigenvalue weighted by molar-refractivity contribution is 6.06. The lowest BCUT2D eigenvalue weighted by Crippen LogP contribution is -2.47. The van der Waals surface area contributed by atoms with Crippen LogP contribution in [-0.2, 0) is 9.59 Å². The quantitative estimate of drug-likeness (QED) is 0.0394. The second-order valence-electron chi connectivity index (χ2n) is 13.8. The molecule has 0 unspecified atom stereocenters. The lowest BCUT2D eigenvalue weighted by Gasteiger charge is -2.29. The van der Waals surface area contributed by atoms with E-state index in [4.69, 9.17) is 0 Å². The monoisotopic (exact) mass is 652 g/mol. The lowest BCUT2D eigenvalue weighted by molar-refractivity contribution is -0.135. The molecule has 0 aliphatic carbocycles. The van der Waals surface area contributed by atoms with Gasteiger partial charge >= 0.3 is 0 Å². The third-order valence-electron chi connectivity index (χ3n) is 9.20. The Morgan fingerprint density at radius 3 is 1.02 bits per heavy atom. The molecule has 0 saturated heterocycles. The first-order valence-electron chi connectivity index (χ1n) is 19.5. The number of ketones is 2. The number of halogens is 1. The van der Waals surface area contributed by atoms with Gasteiger partial charge in [0.05, 0.1) is 0 Å². The van der Waals surface area contributed by atoms with Crippen molar-refractivity contribution in [1.82, 2.24) is 4.90 Å². The highest BCUT2D eigenvalue weighted by Crippen LogP contribution is 2.16. The molecule has 266 valence electrons. The lowest BCUT2D eigenvalue weighted by atomic mass is 9.96. The van der Waals surface area contributed by atoms with Crippen LogP contribution in [-0.4, -0.2) is 35.6 Å². The van der Waals surface area contributed by atoms with E-state index in [2.05, 4.69) is 52.0 Å². The average molecular weight is 653 g/mol. The molecule has 45 heavy (non-hydrogen) atoms. The third-order valence-corrected chi connectivity index (χ3v) is 9.20. The summed E-state index contributed by atoms with van der Waals surface area (Å²) >= 11 is 0. The molecule has 0 radical (unpaired) electrons. The number of nitrogens with zero attached hydrogens (tertiary/aromatic N) is 1. The SMILES string of the molecule is CCCCCCCC/C=C\CCCCCCCC(=O)C(C(=O)CCCCCCC/C=C\CCCCCCCC)N(C)C(C)C.Cl. The minimum Gasteiger partial charge on any atom is -0.297 e. The zero-order valence-electron chi connectivity index (χ0n) is 30.9. The van der Waals surface area contributed by atoms with Crippen LogP contribution >= 0.6 is 12.4 Å². The predicted molar refractivity (Wildman–Crippen MR) is 203 cm³/mol. The molecule has 0 fully saturated rings. The summed E-state index contributed by atoms with van der Waals surface area (Å²) in [6, 6.07) is -0.361. The number of rotatable bonds is 34. The van der Waals surface area contributed by atoms with E-state index in [0.717, 1.165) is 25.7 Å². The fraction of sp³-hybridized carbons (Fsp3) is 0.854. The van der Waals surface area contributed by atoms with E-state index in [1.54, 1.807) is 0 Å². The summed E-state index contributed by atoms with van der Waals surface area (Å²) < 4.78 is 0. The van der Waals surface area contributed by atoms with Crippen LogP contribution in [0.2, 0.25) is 0 Å². The summed E-state index contributed by atoms with van der Waals surface area (Å²) in [6.07, 6.45) is 43.1. The van der Waals surface area contributed by atoms with Gasteiger partial charge in [-0.1, -0.05) is 141 Å². The van der Waals surface area contributed by atoms with Crippen LogP contribution < -0.4 is 0 Å². The van der Waals surface area contributed by atoms with Gasteiger partial charge in [-0.15, -0.1) is 12.4 Å².